The van der Waals surface area contributed by atoms with Gasteiger partial charge in [0, 0.05) is 17.7 Å². The van der Waals surface area contributed by atoms with Gasteiger partial charge >= 0.3 is 5.97 Å². The lowest BCUT2D eigenvalue weighted by Crippen LogP contribution is -2.19. The Kier molecular flexibility index (Phi) is 3.78. The molecule has 0 amide bonds. The molecule has 1 aromatic heterocycles. The van der Waals surface area contributed by atoms with Gasteiger partial charge in [-0.3, -0.25) is 0 Å². The molecule has 0 aromatic carbocycles. The van der Waals surface area contributed by atoms with Crippen LogP contribution in [0.1, 0.15) is 22.4 Å². The number of hydrogen-bond donors (Lipinski definition) is 1. The average Bonchev–Trinajstić information content (AvgIpc) is 2.30. The smallest absolute Gasteiger partial charge is 0.355 e. The summed E-state index contributed by atoms with van der Waals surface area (Å²) in [4.78, 5) is 19.0. The molecular weight excluding hydrogens is 296 g/mol. The molecule has 86 valence electrons. The normalized spacial score (nSPS) is 20.7. The molecular formula is C9H9BrN2O3S. The number of carbonyl (C=O) groups is 1. The highest BCUT2D eigenvalue weighted by Gasteiger charge is 2.21. The first kappa shape index (κ1) is 11.8. The Labute approximate surface area is 105 Å². The Balaban J connectivity index is 2.27. The molecule has 0 aliphatic carbocycles. The van der Waals surface area contributed by atoms with Gasteiger partial charge in [0.1, 0.15) is 6.10 Å². The lowest BCUT2D eigenvalue weighted by Gasteiger charge is -2.20. The zero-order chi connectivity index (χ0) is 11.5. The van der Waals surface area contributed by atoms with Gasteiger partial charge in [-0.2, -0.15) is 11.8 Å². The summed E-state index contributed by atoms with van der Waals surface area (Å²) < 4.78 is 5.87. The fourth-order valence-electron chi connectivity index (χ4n) is 1.32. The van der Waals surface area contributed by atoms with Gasteiger partial charge in [0.05, 0.1) is 11.1 Å². The first-order valence-electron chi connectivity index (χ1n) is 4.63. The molecule has 2 heterocycles. The van der Waals surface area contributed by atoms with E-state index in [1.807, 2.05) is 0 Å². The maximum absolute atomic E-state index is 10.9. The van der Waals surface area contributed by atoms with Crippen molar-refractivity contribution in [3.8, 4) is 0 Å². The number of carboxylic acids is 1. The fourth-order valence-corrected chi connectivity index (χ4v) is 2.52. The fraction of sp³-hybridized carbons (Fsp3) is 0.444. The van der Waals surface area contributed by atoms with Crippen LogP contribution in [-0.2, 0) is 4.74 Å². The van der Waals surface area contributed by atoms with Crippen LogP contribution in [-0.4, -0.2) is 39.2 Å². The van der Waals surface area contributed by atoms with E-state index in [-0.39, 0.29) is 11.8 Å². The lowest BCUT2D eigenvalue weighted by molar-refractivity contribution is 0.0656. The highest BCUT2D eigenvalue weighted by Crippen LogP contribution is 2.25. The van der Waals surface area contributed by atoms with Gasteiger partial charge in [-0.25, -0.2) is 14.8 Å². The minimum absolute atomic E-state index is 0.0239. The molecule has 5 nitrogen and oxygen atoms in total. The van der Waals surface area contributed by atoms with E-state index in [0.29, 0.717) is 16.9 Å². The maximum Gasteiger partial charge on any atom is 0.355 e. The van der Waals surface area contributed by atoms with Crippen molar-refractivity contribution < 1.29 is 14.6 Å². The molecule has 2 rings (SSSR count). The van der Waals surface area contributed by atoms with Gasteiger partial charge < -0.3 is 9.84 Å². The summed E-state index contributed by atoms with van der Waals surface area (Å²) in [5, 5.41) is 8.92. The molecule has 0 saturated carbocycles. The summed E-state index contributed by atoms with van der Waals surface area (Å²) in [6, 6.07) is 0. The van der Waals surface area contributed by atoms with E-state index in [9.17, 15) is 4.79 Å². The van der Waals surface area contributed by atoms with Crippen LogP contribution in [0.15, 0.2) is 10.7 Å². The Morgan fingerprint density at radius 2 is 2.50 bits per heavy atom. The standard InChI is InChI=1S/C9H9BrN2O3S/c10-5-3-11-8(12-7(5)9(13)14)6-4-16-2-1-15-6/h3,6H,1-2,4H2,(H,13,14). The number of thioether (sulfide) groups is 1. The van der Waals surface area contributed by atoms with E-state index in [1.165, 1.54) is 6.20 Å². The van der Waals surface area contributed by atoms with Crippen molar-refractivity contribution in [1.29, 1.82) is 0 Å². The molecule has 1 aliphatic rings. The van der Waals surface area contributed by atoms with Crippen LogP contribution in [0.3, 0.4) is 0 Å². The average molecular weight is 305 g/mol. The second-order valence-electron chi connectivity index (χ2n) is 3.16. The third-order valence-electron chi connectivity index (χ3n) is 2.07. The minimum atomic E-state index is -1.07. The molecule has 0 radical (unpaired) electrons. The molecule has 16 heavy (non-hydrogen) atoms. The van der Waals surface area contributed by atoms with Gasteiger partial charge in [0.15, 0.2) is 11.5 Å². The molecule has 0 bridgehead atoms. The minimum Gasteiger partial charge on any atom is -0.476 e. The quantitative estimate of drug-likeness (QED) is 0.897. The monoisotopic (exact) mass is 304 g/mol. The van der Waals surface area contributed by atoms with E-state index in [1.54, 1.807) is 11.8 Å². The van der Waals surface area contributed by atoms with Crippen LogP contribution in [0.4, 0.5) is 0 Å². The number of carboxylic acid groups (broad SMARTS) is 1. The van der Waals surface area contributed by atoms with E-state index < -0.39 is 5.97 Å². The summed E-state index contributed by atoms with van der Waals surface area (Å²) in [5.41, 5.74) is -0.0239. The van der Waals surface area contributed by atoms with Crippen LogP contribution in [0.25, 0.3) is 0 Å². The first-order chi connectivity index (χ1) is 7.68. The van der Waals surface area contributed by atoms with Crippen LogP contribution in [0, 0.1) is 0 Å². The molecule has 1 unspecified atom stereocenters. The summed E-state index contributed by atoms with van der Waals surface area (Å²) >= 11 is 4.86. The molecule has 7 heteroatoms. The summed E-state index contributed by atoms with van der Waals surface area (Å²) in [7, 11) is 0. The van der Waals surface area contributed by atoms with Crippen LogP contribution < -0.4 is 0 Å². The summed E-state index contributed by atoms with van der Waals surface area (Å²) in [6.45, 7) is 0.650. The topological polar surface area (TPSA) is 72.3 Å². The Bertz CT molecular complexity index is 410. The van der Waals surface area contributed by atoms with Crippen molar-refractivity contribution in [3.05, 3.63) is 22.2 Å². The zero-order valence-corrected chi connectivity index (χ0v) is 10.6. The Hall–Kier alpha value is -0.660. The number of ether oxygens (including phenoxy) is 1. The molecule has 1 aliphatic heterocycles. The van der Waals surface area contributed by atoms with Crippen LogP contribution in [0.2, 0.25) is 0 Å². The van der Waals surface area contributed by atoms with E-state index in [4.69, 9.17) is 9.84 Å². The molecule has 1 saturated heterocycles. The number of halogens is 1. The van der Waals surface area contributed by atoms with E-state index in [2.05, 4.69) is 25.9 Å². The van der Waals surface area contributed by atoms with Crippen molar-refractivity contribution in [3.63, 3.8) is 0 Å². The predicted octanol–water partition coefficient (Wildman–Crippen LogP) is 1.74. The second kappa shape index (κ2) is 5.11. The van der Waals surface area contributed by atoms with Crippen molar-refractivity contribution >= 4 is 33.7 Å². The number of rotatable bonds is 2. The largest absolute Gasteiger partial charge is 0.476 e. The summed E-state index contributed by atoms with van der Waals surface area (Å²) in [6.07, 6.45) is 1.25. The number of nitrogens with zero attached hydrogens (tertiary/aromatic N) is 2. The molecule has 1 N–H and O–H groups in total. The van der Waals surface area contributed by atoms with Gasteiger partial charge in [-0.15, -0.1) is 0 Å². The third-order valence-corrected chi connectivity index (χ3v) is 3.64. The predicted molar refractivity (Wildman–Crippen MR) is 62.7 cm³/mol. The van der Waals surface area contributed by atoms with Crippen LogP contribution in [0.5, 0.6) is 0 Å². The highest BCUT2D eigenvalue weighted by molar-refractivity contribution is 9.10. The number of hydrogen-bond acceptors (Lipinski definition) is 5. The van der Waals surface area contributed by atoms with Gasteiger partial charge in [-0.1, -0.05) is 0 Å². The molecule has 1 atom stereocenters. The van der Waals surface area contributed by atoms with E-state index >= 15 is 0 Å². The number of aromatic carboxylic acids is 1. The number of aromatic nitrogens is 2. The lowest BCUT2D eigenvalue weighted by atomic mass is 10.3. The first-order valence-corrected chi connectivity index (χ1v) is 6.58. The van der Waals surface area contributed by atoms with Gasteiger partial charge in [-0.05, 0) is 15.9 Å². The Morgan fingerprint density at radius 3 is 3.12 bits per heavy atom. The van der Waals surface area contributed by atoms with Crippen LogP contribution >= 0.6 is 27.7 Å². The molecule has 1 fully saturated rings. The van der Waals surface area contributed by atoms with Gasteiger partial charge in [0.25, 0.3) is 0 Å². The van der Waals surface area contributed by atoms with Crippen molar-refractivity contribution in [1.82, 2.24) is 9.97 Å². The van der Waals surface area contributed by atoms with Crippen molar-refractivity contribution in [2.45, 2.75) is 6.10 Å². The zero-order valence-electron chi connectivity index (χ0n) is 8.22. The molecule has 0 spiro atoms. The SMILES string of the molecule is O=C(O)c1nc(C2CSCCO2)ncc1Br. The van der Waals surface area contributed by atoms with Crippen molar-refractivity contribution in [2.75, 3.05) is 18.1 Å². The Morgan fingerprint density at radius 1 is 1.69 bits per heavy atom. The second-order valence-corrected chi connectivity index (χ2v) is 5.17. The van der Waals surface area contributed by atoms with E-state index in [0.717, 1.165) is 11.5 Å². The highest BCUT2D eigenvalue weighted by atomic mass is 79.9. The molecule has 1 aromatic rings. The van der Waals surface area contributed by atoms with Gasteiger partial charge in [0.2, 0.25) is 0 Å². The third kappa shape index (κ3) is 2.53. The maximum atomic E-state index is 10.9. The summed E-state index contributed by atoms with van der Waals surface area (Å²) in [5.74, 6) is 1.09. The van der Waals surface area contributed by atoms with Crippen molar-refractivity contribution in [2.24, 2.45) is 0 Å².